The van der Waals surface area contributed by atoms with E-state index < -0.39 is 32.7 Å². The van der Waals surface area contributed by atoms with Crippen LogP contribution in [0.2, 0.25) is 0 Å². The lowest BCUT2D eigenvalue weighted by Crippen LogP contribution is -2.38. The molecule has 0 saturated heterocycles. The Morgan fingerprint density at radius 2 is 1.81 bits per heavy atom. The molecule has 0 unspecified atom stereocenters. The summed E-state index contributed by atoms with van der Waals surface area (Å²) in [6.45, 7) is 0. The van der Waals surface area contributed by atoms with Crippen LogP contribution in [0.5, 0.6) is 0 Å². The van der Waals surface area contributed by atoms with Crippen molar-refractivity contribution in [3.63, 3.8) is 0 Å². The van der Waals surface area contributed by atoms with Gasteiger partial charge >= 0.3 is 11.8 Å². The normalized spacial score (nSPS) is 16.1. The predicted molar refractivity (Wildman–Crippen MR) is 115 cm³/mol. The van der Waals surface area contributed by atoms with Crippen LogP contribution in [0.1, 0.15) is 0 Å². The van der Waals surface area contributed by atoms with Gasteiger partial charge in [0.15, 0.2) is 15.9 Å². The highest BCUT2D eigenvalue weighted by molar-refractivity contribution is 7.93. The highest BCUT2D eigenvalue weighted by Crippen LogP contribution is 2.24. The number of imide groups is 1. The molecule has 2 aromatic heterocycles. The minimum Gasteiger partial charge on any atom is -0.345 e. The van der Waals surface area contributed by atoms with Crippen LogP contribution in [0, 0.1) is 5.82 Å². The van der Waals surface area contributed by atoms with Crippen LogP contribution in [0.3, 0.4) is 0 Å². The van der Waals surface area contributed by atoms with Crippen molar-refractivity contribution in [2.24, 2.45) is 0 Å². The molecule has 1 aliphatic heterocycles. The number of rotatable bonds is 5. The van der Waals surface area contributed by atoms with Gasteiger partial charge in [0, 0.05) is 28.7 Å². The van der Waals surface area contributed by atoms with Crippen molar-refractivity contribution < 1.29 is 22.4 Å². The first kappa shape index (κ1) is 21.3. The van der Waals surface area contributed by atoms with E-state index in [1.165, 1.54) is 41.9 Å². The van der Waals surface area contributed by atoms with E-state index in [0.29, 0.717) is 10.3 Å². The highest BCUT2D eigenvalue weighted by atomic mass is 35.5. The molecular formula is C18H11ClFN4O4S3+. The van der Waals surface area contributed by atoms with Crippen LogP contribution >= 0.6 is 34.3 Å². The predicted octanol–water partition coefficient (Wildman–Crippen LogP) is 2.55. The van der Waals surface area contributed by atoms with E-state index in [2.05, 4.69) is 15.0 Å². The van der Waals surface area contributed by atoms with Gasteiger partial charge in [-0.15, -0.1) is 22.7 Å². The fraction of sp³-hybridized carbons (Fsp3) is 0. The van der Waals surface area contributed by atoms with Gasteiger partial charge in [-0.05, 0) is 29.6 Å². The highest BCUT2D eigenvalue weighted by Gasteiger charge is 2.45. The van der Waals surface area contributed by atoms with Gasteiger partial charge in [0.1, 0.15) is 0 Å². The van der Waals surface area contributed by atoms with Gasteiger partial charge in [-0.1, -0.05) is 16.2 Å². The molecule has 158 valence electrons. The summed E-state index contributed by atoms with van der Waals surface area (Å²) in [7, 11) is -3.85. The van der Waals surface area contributed by atoms with Crippen LogP contribution in [-0.2, 0) is 19.6 Å². The number of thiazole rings is 1. The van der Waals surface area contributed by atoms with Crippen molar-refractivity contribution in [1.29, 1.82) is 0 Å². The Hall–Kier alpha value is -2.93. The molecule has 0 saturated carbocycles. The lowest BCUT2D eigenvalue weighted by Gasteiger charge is -2.07. The van der Waals surface area contributed by atoms with E-state index in [1.807, 2.05) is 0 Å². The van der Waals surface area contributed by atoms with Crippen molar-refractivity contribution in [3.8, 4) is 0 Å². The molecule has 0 atom stereocenters. The summed E-state index contributed by atoms with van der Waals surface area (Å²) in [5.41, 5.74) is 0.0650. The number of hydrogen-bond donors (Lipinski definition) is 2. The van der Waals surface area contributed by atoms with Crippen molar-refractivity contribution in [2.75, 3.05) is 10.0 Å². The molecule has 0 radical (unpaired) electrons. The number of sulfonamides is 1. The zero-order chi connectivity index (χ0) is 22.2. The number of carbonyl (C=O) groups is 2. The number of hydrogen-bond acceptors (Lipinski definition) is 8. The maximum Gasteiger partial charge on any atom is 0.446 e. The maximum absolute atomic E-state index is 14.1. The Kier molecular flexibility index (Phi) is 5.71. The smallest absolute Gasteiger partial charge is 0.345 e. The average molecular weight is 498 g/mol. The van der Waals surface area contributed by atoms with Crippen LogP contribution < -0.4 is 20.0 Å². The molecule has 2 N–H and O–H groups in total. The Balaban J connectivity index is 1.60. The van der Waals surface area contributed by atoms with E-state index in [0.717, 1.165) is 28.1 Å². The topological polar surface area (TPSA) is 108 Å². The van der Waals surface area contributed by atoms with Gasteiger partial charge in [-0.3, -0.25) is 4.72 Å². The van der Waals surface area contributed by atoms with Gasteiger partial charge in [0.25, 0.3) is 15.4 Å². The average Bonchev–Trinajstić information content (AvgIpc) is 3.31. The molecule has 1 aliphatic rings. The summed E-state index contributed by atoms with van der Waals surface area (Å²) < 4.78 is 41.9. The van der Waals surface area contributed by atoms with Gasteiger partial charge < -0.3 is 5.32 Å². The first-order chi connectivity index (χ1) is 14.8. The molecule has 3 aromatic rings. The largest absolute Gasteiger partial charge is 0.446 e. The second-order valence-corrected chi connectivity index (χ2v) is 9.75. The summed E-state index contributed by atoms with van der Waals surface area (Å²) >= 11 is 8.23. The lowest BCUT2D eigenvalue weighted by atomic mass is 10.3. The molecule has 0 fully saturated rings. The molecule has 3 heterocycles. The third-order valence-corrected chi connectivity index (χ3v) is 7.24. The fourth-order valence-corrected chi connectivity index (χ4v) is 5.19. The Labute approximate surface area is 188 Å². The first-order valence-electron chi connectivity index (χ1n) is 8.41. The number of aromatic nitrogens is 1. The molecule has 13 heteroatoms. The van der Waals surface area contributed by atoms with Gasteiger partial charge in [0.2, 0.25) is 5.82 Å². The third kappa shape index (κ3) is 4.14. The Morgan fingerprint density at radius 1 is 1.06 bits per heavy atom. The number of nitrogens with zero attached hydrogens (tertiary/aromatic N) is 2. The quantitative estimate of drug-likeness (QED) is 0.414. The molecule has 1 aromatic carbocycles. The van der Waals surface area contributed by atoms with Gasteiger partial charge in [0.05, 0.1) is 4.90 Å². The number of halogens is 2. The molecule has 0 aliphatic carbocycles. The SMILES string of the molecule is O=C1C(Cl)=C(Nc2ccc(S(=O)(=O)Nc3nccs3)cc2)C(=O)[N+]1=c1ccscc1F. The van der Waals surface area contributed by atoms with Crippen molar-refractivity contribution >= 4 is 66.9 Å². The van der Waals surface area contributed by atoms with Crippen molar-refractivity contribution in [3.05, 3.63) is 74.6 Å². The lowest BCUT2D eigenvalue weighted by molar-refractivity contribution is -0.126. The molecule has 2 amide bonds. The van der Waals surface area contributed by atoms with Crippen LogP contribution in [0.4, 0.5) is 15.2 Å². The van der Waals surface area contributed by atoms with Gasteiger partial charge in [-0.25, -0.2) is 23.0 Å². The molecule has 0 spiro atoms. The number of amides is 2. The molecule has 4 rings (SSSR count). The molecular weight excluding hydrogens is 487 g/mol. The fourth-order valence-electron chi connectivity index (χ4n) is 2.66. The number of benzene rings is 1. The van der Waals surface area contributed by atoms with E-state index in [9.17, 15) is 22.4 Å². The summed E-state index contributed by atoms with van der Waals surface area (Å²) in [5.74, 6) is -2.43. The van der Waals surface area contributed by atoms with E-state index in [-0.39, 0.29) is 21.1 Å². The van der Waals surface area contributed by atoms with E-state index in [1.54, 1.807) is 5.38 Å². The van der Waals surface area contributed by atoms with Crippen molar-refractivity contribution in [2.45, 2.75) is 4.90 Å². The monoisotopic (exact) mass is 497 g/mol. The van der Waals surface area contributed by atoms with E-state index in [4.69, 9.17) is 11.6 Å². The minimum absolute atomic E-state index is 0.0311. The summed E-state index contributed by atoms with van der Waals surface area (Å²) in [6, 6.07) is 6.73. The third-order valence-electron chi connectivity index (χ3n) is 4.08. The number of carbonyl (C=O) groups excluding carboxylic acids is 2. The van der Waals surface area contributed by atoms with Crippen LogP contribution in [-0.4, -0.2) is 25.2 Å². The van der Waals surface area contributed by atoms with E-state index >= 15 is 0 Å². The zero-order valence-electron chi connectivity index (χ0n) is 15.2. The summed E-state index contributed by atoms with van der Waals surface area (Å²) in [5, 5.41) is 6.63. The molecule has 31 heavy (non-hydrogen) atoms. The second kappa shape index (κ2) is 8.30. The first-order valence-corrected chi connectivity index (χ1v) is 12.1. The molecule has 0 bridgehead atoms. The minimum atomic E-state index is -3.85. The van der Waals surface area contributed by atoms with Crippen LogP contribution in [0.25, 0.3) is 0 Å². The Bertz CT molecular complexity index is 1400. The number of anilines is 2. The van der Waals surface area contributed by atoms with Crippen LogP contribution in [0.15, 0.2) is 68.3 Å². The standard InChI is InChI=1S/C18H10ClFN4O4S3/c19-14-15(17(26)24(16(14)25)13-5-7-29-9-12(13)20)22-10-1-3-11(4-2-10)31(27,28)23-18-21-6-8-30-18/h1-9H,(H-,21,22,23,25)/p+1. The zero-order valence-corrected chi connectivity index (χ0v) is 18.4. The van der Waals surface area contributed by atoms with Gasteiger partial charge in [-0.2, -0.15) is 4.39 Å². The summed E-state index contributed by atoms with van der Waals surface area (Å²) in [6.07, 6.45) is 1.47. The van der Waals surface area contributed by atoms with Crippen molar-refractivity contribution in [1.82, 2.24) is 9.56 Å². The molecule has 8 nitrogen and oxygen atoms in total. The second-order valence-electron chi connectivity index (χ2n) is 6.02. The maximum atomic E-state index is 14.1. The summed E-state index contributed by atoms with van der Waals surface area (Å²) in [4.78, 5) is 29.0. The Morgan fingerprint density at radius 3 is 2.45 bits per heavy atom. The number of nitrogens with one attached hydrogen (secondary N) is 2.